The Morgan fingerprint density at radius 1 is 1.32 bits per heavy atom. The molecule has 0 radical (unpaired) electrons. The minimum absolute atomic E-state index is 0.201. The van der Waals surface area contributed by atoms with Crippen molar-refractivity contribution >= 4 is 5.91 Å². The Bertz CT molecular complexity index is 359. The topological polar surface area (TPSA) is 75.6 Å². The standard InChI is InChI=1S/C12H22N6O/c1-16-2-4-17(5-3-16)6-7-18-10-11(8-12(18)19)9-14-15-13/h11H,2-10H2,1H3. The number of piperazine rings is 1. The van der Waals surface area contributed by atoms with Gasteiger partial charge in [-0.2, -0.15) is 0 Å². The molecule has 0 aromatic carbocycles. The van der Waals surface area contributed by atoms with Gasteiger partial charge in [-0.05, 0) is 18.5 Å². The maximum atomic E-state index is 11.8. The smallest absolute Gasteiger partial charge is 0.222 e. The van der Waals surface area contributed by atoms with E-state index in [0.717, 1.165) is 45.8 Å². The van der Waals surface area contributed by atoms with Gasteiger partial charge in [0.05, 0.1) is 0 Å². The van der Waals surface area contributed by atoms with E-state index in [0.29, 0.717) is 13.0 Å². The van der Waals surface area contributed by atoms with Gasteiger partial charge in [-0.15, -0.1) is 0 Å². The van der Waals surface area contributed by atoms with Crippen molar-refractivity contribution in [1.82, 2.24) is 14.7 Å². The van der Waals surface area contributed by atoms with Crippen molar-refractivity contribution in [3.05, 3.63) is 10.4 Å². The molecule has 2 heterocycles. The van der Waals surface area contributed by atoms with Crippen molar-refractivity contribution in [3.63, 3.8) is 0 Å². The fourth-order valence-electron chi connectivity index (χ4n) is 2.68. The van der Waals surface area contributed by atoms with Gasteiger partial charge in [-0.3, -0.25) is 9.69 Å². The Hall–Kier alpha value is -1.30. The van der Waals surface area contributed by atoms with Gasteiger partial charge in [0.2, 0.25) is 5.91 Å². The molecule has 1 unspecified atom stereocenters. The van der Waals surface area contributed by atoms with Gasteiger partial charge >= 0.3 is 0 Å². The minimum atomic E-state index is 0.201. The third kappa shape index (κ3) is 4.09. The molecule has 0 bridgehead atoms. The van der Waals surface area contributed by atoms with Crippen LogP contribution in [0.3, 0.4) is 0 Å². The lowest BCUT2D eigenvalue weighted by Gasteiger charge is -2.33. The number of likely N-dealkylation sites (N-methyl/N-ethyl adjacent to an activating group) is 1. The van der Waals surface area contributed by atoms with Crippen LogP contribution in [0.25, 0.3) is 10.4 Å². The summed E-state index contributed by atoms with van der Waals surface area (Å²) in [6, 6.07) is 0. The zero-order valence-corrected chi connectivity index (χ0v) is 11.5. The summed E-state index contributed by atoms with van der Waals surface area (Å²) in [6.07, 6.45) is 0.530. The lowest BCUT2D eigenvalue weighted by atomic mass is 10.1. The molecule has 2 rings (SSSR count). The molecular formula is C12H22N6O. The van der Waals surface area contributed by atoms with Crippen molar-refractivity contribution in [3.8, 4) is 0 Å². The summed E-state index contributed by atoms with van der Waals surface area (Å²) in [6.45, 7) is 7.31. The molecule has 2 aliphatic rings. The van der Waals surface area contributed by atoms with Gasteiger partial charge in [0.25, 0.3) is 0 Å². The molecule has 0 aromatic rings. The predicted octanol–water partition coefficient (Wildman–Crippen LogP) is 0.393. The largest absolute Gasteiger partial charge is 0.341 e. The fourth-order valence-corrected chi connectivity index (χ4v) is 2.68. The number of likely N-dealkylation sites (tertiary alicyclic amines) is 1. The summed E-state index contributed by atoms with van der Waals surface area (Å²) in [4.78, 5) is 21.2. The lowest BCUT2D eigenvalue weighted by molar-refractivity contribution is -0.127. The molecule has 7 nitrogen and oxygen atoms in total. The Kier molecular flexibility index (Phi) is 5.01. The molecule has 1 amide bonds. The Labute approximate surface area is 113 Å². The second-order valence-corrected chi connectivity index (χ2v) is 5.47. The quantitative estimate of drug-likeness (QED) is 0.410. The summed E-state index contributed by atoms with van der Waals surface area (Å²) >= 11 is 0. The Morgan fingerprint density at radius 2 is 2.05 bits per heavy atom. The van der Waals surface area contributed by atoms with Crippen LogP contribution in [0.5, 0.6) is 0 Å². The van der Waals surface area contributed by atoms with Crippen LogP contribution in [0.4, 0.5) is 0 Å². The molecule has 0 aromatic heterocycles. The normalized spacial score (nSPS) is 25.6. The fraction of sp³-hybridized carbons (Fsp3) is 0.917. The van der Waals surface area contributed by atoms with Crippen LogP contribution < -0.4 is 0 Å². The second kappa shape index (κ2) is 6.75. The van der Waals surface area contributed by atoms with E-state index in [4.69, 9.17) is 5.53 Å². The van der Waals surface area contributed by atoms with Gasteiger partial charge in [0.1, 0.15) is 0 Å². The average Bonchev–Trinajstić information content (AvgIpc) is 2.76. The first kappa shape index (κ1) is 14.1. The molecule has 19 heavy (non-hydrogen) atoms. The molecule has 2 aliphatic heterocycles. The molecule has 7 heteroatoms. The van der Waals surface area contributed by atoms with E-state index in [9.17, 15) is 4.79 Å². The minimum Gasteiger partial charge on any atom is -0.341 e. The first-order valence-corrected chi connectivity index (χ1v) is 6.88. The summed E-state index contributed by atoms with van der Waals surface area (Å²) in [5, 5.41) is 3.57. The van der Waals surface area contributed by atoms with E-state index in [-0.39, 0.29) is 11.8 Å². The SMILES string of the molecule is CN1CCN(CCN2CC(CN=[N+]=[N-])CC2=O)CC1. The van der Waals surface area contributed by atoms with Gasteiger partial charge in [-0.25, -0.2) is 0 Å². The highest BCUT2D eigenvalue weighted by Crippen LogP contribution is 2.18. The van der Waals surface area contributed by atoms with Crippen LogP contribution in [0.2, 0.25) is 0 Å². The number of hydrogen-bond donors (Lipinski definition) is 0. The number of rotatable bonds is 5. The second-order valence-electron chi connectivity index (χ2n) is 5.47. The predicted molar refractivity (Wildman–Crippen MR) is 72.6 cm³/mol. The molecule has 2 saturated heterocycles. The van der Waals surface area contributed by atoms with Crippen molar-refractivity contribution in [1.29, 1.82) is 0 Å². The third-order valence-corrected chi connectivity index (χ3v) is 3.98. The monoisotopic (exact) mass is 266 g/mol. The first-order chi connectivity index (χ1) is 9.19. The van der Waals surface area contributed by atoms with Crippen molar-refractivity contribution < 1.29 is 4.79 Å². The molecule has 0 spiro atoms. The van der Waals surface area contributed by atoms with E-state index in [1.54, 1.807) is 0 Å². The maximum absolute atomic E-state index is 11.8. The summed E-state index contributed by atoms with van der Waals surface area (Å²) in [7, 11) is 2.14. The molecule has 0 saturated carbocycles. The number of amides is 1. The van der Waals surface area contributed by atoms with Gasteiger partial charge < -0.3 is 9.80 Å². The third-order valence-electron chi connectivity index (χ3n) is 3.98. The molecule has 106 valence electrons. The van der Waals surface area contributed by atoms with Crippen LogP contribution in [-0.4, -0.2) is 80.0 Å². The molecule has 0 aliphatic carbocycles. The van der Waals surface area contributed by atoms with Crippen LogP contribution in [-0.2, 0) is 4.79 Å². The van der Waals surface area contributed by atoms with Crippen LogP contribution in [0.15, 0.2) is 5.11 Å². The Balaban J connectivity index is 1.71. The maximum Gasteiger partial charge on any atom is 0.222 e. The summed E-state index contributed by atoms with van der Waals surface area (Å²) in [5.74, 6) is 0.406. The number of hydrogen-bond acceptors (Lipinski definition) is 4. The van der Waals surface area contributed by atoms with Gasteiger partial charge in [0, 0.05) is 63.7 Å². The van der Waals surface area contributed by atoms with Crippen LogP contribution in [0, 0.1) is 5.92 Å². The zero-order chi connectivity index (χ0) is 13.7. The molecule has 1 atom stereocenters. The highest BCUT2D eigenvalue weighted by molar-refractivity contribution is 5.78. The summed E-state index contributed by atoms with van der Waals surface area (Å²) in [5.41, 5.74) is 8.30. The first-order valence-electron chi connectivity index (χ1n) is 6.88. The zero-order valence-electron chi connectivity index (χ0n) is 11.5. The number of azide groups is 1. The van der Waals surface area contributed by atoms with E-state index in [1.807, 2.05) is 4.90 Å². The highest BCUT2D eigenvalue weighted by atomic mass is 16.2. The molecule has 2 fully saturated rings. The van der Waals surface area contributed by atoms with E-state index < -0.39 is 0 Å². The lowest BCUT2D eigenvalue weighted by Crippen LogP contribution is -2.47. The number of carbonyl (C=O) groups excluding carboxylic acids is 1. The van der Waals surface area contributed by atoms with Gasteiger partial charge in [0.15, 0.2) is 0 Å². The van der Waals surface area contributed by atoms with Gasteiger partial charge in [-0.1, -0.05) is 5.11 Å². The van der Waals surface area contributed by atoms with Crippen LogP contribution >= 0.6 is 0 Å². The number of carbonyl (C=O) groups is 1. The van der Waals surface area contributed by atoms with E-state index >= 15 is 0 Å². The Morgan fingerprint density at radius 3 is 2.74 bits per heavy atom. The van der Waals surface area contributed by atoms with Crippen molar-refractivity contribution in [2.75, 3.05) is 59.4 Å². The van der Waals surface area contributed by atoms with Crippen molar-refractivity contribution in [2.24, 2.45) is 11.0 Å². The highest BCUT2D eigenvalue weighted by Gasteiger charge is 2.29. The summed E-state index contributed by atoms with van der Waals surface area (Å²) < 4.78 is 0. The number of nitrogens with zero attached hydrogens (tertiary/aromatic N) is 6. The molecular weight excluding hydrogens is 244 g/mol. The van der Waals surface area contributed by atoms with E-state index in [1.165, 1.54) is 0 Å². The average molecular weight is 266 g/mol. The molecule has 0 N–H and O–H groups in total. The van der Waals surface area contributed by atoms with E-state index in [2.05, 4.69) is 26.9 Å². The van der Waals surface area contributed by atoms with Crippen LogP contribution in [0.1, 0.15) is 6.42 Å². The van der Waals surface area contributed by atoms with Crippen molar-refractivity contribution in [2.45, 2.75) is 6.42 Å².